The molecule has 0 spiro atoms. The number of anilines is 2. The Morgan fingerprint density at radius 3 is 2.58 bits per heavy atom. The van der Waals surface area contributed by atoms with Gasteiger partial charge in [0.15, 0.2) is 0 Å². The van der Waals surface area contributed by atoms with E-state index in [0.29, 0.717) is 15.7 Å². The molecule has 0 aromatic heterocycles. The third kappa shape index (κ3) is 4.95. The Morgan fingerprint density at radius 1 is 1.19 bits per heavy atom. The van der Waals surface area contributed by atoms with Gasteiger partial charge in [-0.3, -0.25) is 4.79 Å². The molecule has 0 aliphatic carbocycles. The predicted octanol–water partition coefficient (Wildman–Crippen LogP) is 6.95. The van der Waals surface area contributed by atoms with Crippen molar-refractivity contribution in [1.82, 2.24) is 0 Å². The first-order valence-corrected chi connectivity index (χ1v) is 10.9. The molecule has 1 aliphatic heterocycles. The fourth-order valence-electron chi connectivity index (χ4n) is 3.91. The van der Waals surface area contributed by atoms with Crippen LogP contribution in [-0.4, -0.2) is 18.0 Å². The minimum Gasteiger partial charge on any atom is -0.362 e. The molecule has 2 aromatic carbocycles. The molecule has 0 bridgehead atoms. The molecule has 1 N–H and O–H groups in total. The minimum absolute atomic E-state index is 0.00853. The van der Waals surface area contributed by atoms with Gasteiger partial charge in [-0.1, -0.05) is 42.3 Å². The maximum absolute atomic E-state index is 12.6. The highest BCUT2D eigenvalue weighted by molar-refractivity contribution is 6.42. The summed E-state index contributed by atoms with van der Waals surface area (Å²) in [5.41, 5.74) is 4.68. The molecule has 3 rings (SSSR count). The molecule has 0 saturated carbocycles. The number of carbonyl (C=O) groups is 1. The fraction of sp³-hybridized carbons (Fsp3) is 0.280. The number of allylic oxidation sites excluding steroid dienone is 1. The zero-order chi connectivity index (χ0) is 22.8. The third-order valence-electron chi connectivity index (χ3n) is 5.30. The van der Waals surface area contributed by atoms with Crippen molar-refractivity contribution in [1.29, 1.82) is 5.26 Å². The van der Waals surface area contributed by atoms with Crippen LogP contribution in [0.25, 0.3) is 11.6 Å². The highest BCUT2D eigenvalue weighted by Gasteiger charge is 2.30. The van der Waals surface area contributed by atoms with E-state index < -0.39 is 5.91 Å². The van der Waals surface area contributed by atoms with Crippen LogP contribution in [0, 0.1) is 11.3 Å². The lowest BCUT2D eigenvalue weighted by molar-refractivity contribution is -0.112. The summed E-state index contributed by atoms with van der Waals surface area (Å²) in [6.45, 7) is 9.64. The zero-order valence-electron chi connectivity index (χ0n) is 18.1. The lowest BCUT2D eigenvalue weighted by atomic mass is 9.87. The molecule has 1 amide bonds. The normalized spacial score (nSPS) is 15.1. The number of nitriles is 1. The van der Waals surface area contributed by atoms with Gasteiger partial charge in [-0.05, 0) is 74.7 Å². The summed E-state index contributed by atoms with van der Waals surface area (Å²) < 4.78 is 0. The molecule has 0 unspecified atom stereocenters. The lowest BCUT2D eigenvalue weighted by Gasteiger charge is -2.43. The first-order valence-electron chi connectivity index (χ1n) is 10.2. The quantitative estimate of drug-likeness (QED) is 0.393. The number of nitrogens with zero attached hydrogens (tertiary/aromatic N) is 2. The fourth-order valence-corrected chi connectivity index (χ4v) is 4.21. The Hall–Kier alpha value is -2.74. The molecule has 0 atom stereocenters. The highest BCUT2D eigenvalue weighted by atomic mass is 35.5. The average molecular weight is 454 g/mol. The molecular weight excluding hydrogens is 429 g/mol. The Kier molecular flexibility index (Phi) is 6.79. The van der Waals surface area contributed by atoms with Crippen LogP contribution in [0.4, 0.5) is 11.4 Å². The predicted molar refractivity (Wildman–Crippen MR) is 130 cm³/mol. The van der Waals surface area contributed by atoms with Gasteiger partial charge in [-0.15, -0.1) is 0 Å². The molecule has 160 valence electrons. The smallest absolute Gasteiger partial charge is 0.266 e. The van der Waals surface area contributed by atoms with E-state index in [4.69, 9.17) is 23.2 Å². The standard InChI is InChI=1S/C25H25Cl2N3O/c1-5-10-30-23-9-6-17(12-20(23)16(2)14-25(30,3)4)11-18(15-28)24(31)29-19-7-8-21(26)22(27)13-19/h6-9,11-14H,5,10H2,1-4H3,(H,29,31)/b18-11+. The number of rotatable bonds is 5. The zero-order valence-corrected chi connectivity index (χ0v) is 19.6. The number of amides is 1. The molecule has 0 fully saturated rings. The number of hydrogen-bond acceptors (Lipinski definition) is 3. The van der Waals surface area contributed by atoms with Crippen LogP contribution in [0.3, 0.4) is 0 Å². The van der Waals surface area contributed by atoms with Gasteiger partial charge in [-0.2, -0.15) is 5.26 Å². The van der Waals surface area contributed by atoms with Crippen LogP contribution in [-0.2, 0) is 4.79 Å². The van der Waals surface area contributed by atoms with E-state index in [-0.39, 0.29) is 11.1 Å². The van der Waals surface area contributed by atoms with Crippen molar-refractivity contribution in [3.05, 3.63) is 69.2 Å². The number of benzene rings is 2. The highest BCUT2D eigenvalue weighted by Crippen LogP contribution is 2.39. The summed E-state index contributed by atoms with van der Waals surface area (Å²) in [5, 5.41) is 13.0. The Bertz CT molecular complexity index is 1130. The van der Waals surface area contributed by atoms with E-state index in [1.807, 2.05) is 18.2 Å². The van der Waals surface area contributed by atoms with Crippen LogP contribution in [0.15, 0.2) is 48.0 Å². The van der Waals surface area contributed by atoms with Crippen molar-refractivity contribution in [2.24, 2.45) is 0 Å². The molecule has 4 nitrogen and oxygen atoms in total. The van der Waals surface area contributed by atoms with E-state index in [0.717, 1.165) is 24.1 Å². The lowest BCUT2D eigenvalue weighted by Crippen LogP contribution is -2.45. The number of halogens is 2. The van der Waals surface area contributed by atoms with Gasteiger partial charge in [0.1, 0.15) is 11.6 Å². The van der Waals surface area contributed by atoms with Crippen molar-refractivity contribution in [2.45, 2.75) is 39.7 Å². The van der Waals surface area contributed by atoms with Crippen molar-refractivity contribution < 1.29 is 4.79 Å². The van der Waals surface area contributed by atoms with Gasteiger partial charge in [0.2, 0.25) is 0 Å². The van der Waals surface area contributed by atoms with Gasteiger partial charge in [0.25, 0.3) is 5.91 Å². The summed E-state index contributed by atoms with van der Waals surface area (Å²) >= 11 is 11.9. The van der Waals surface area contributed by atoms with E-state index in [9.17, 15) is 10.1 Å². The Morgan fingerprint density at radius 2 is 1.94 bits per heavy atom. The molecule has 1 heterocycles. The van der Waals surface area contributed by atoms with Crippen LogP contribution < -0.4 is 10.2 Å². The maximum atomic E-state index is 12.6. The number of fused-ring (bicyclic) bond motifs is 1. The van der Waals surface area contributed by atoms with Gasteiger partial charge in [0, 0.05) is 23.5 Å². The van der Waals surface area contributed by atoms with Crippen LogP contribution in [0.2, 0.25) is 10.0 Å². The van der Waals surface area contributed by atoms with E-state index in [1.165, 1.54) is 11.3 Å². The molecule has 2 aromatic rings. The number of hydrogen-bond donors (Lipinski definition) is 1. The number of carbonyl (C=O) groups excluding carboxylic acids is 1. The van der Waals surface area contributed by atoms with Gasteiger partial charge in [0.05, 0.1) is 15.6 Å². The first-order chi connectivity index (χ1) is 14.7. The summed E-state index contributed by atoms with van der Waals surface area (Å²) in [7, 11) is 0. The number of nitrogens with one attached hydrogen (secondary N) is 1. The molecule has 0 saturated heterocycles. The third-order valence-corrected chi connectivity index (χ3v) is 6.04. The van der Waals surface area contributed by atoms with Gasteiger partial charge < -0.3 is 10.2 Å². The second-order valence-corrected chi connectivity index (χ2v) is 8.98. The molecule has 0 radical (unpaired) electrons. The van der Waals surface area contributed by atoms with E-state index in [2.05, 4.69) is 50.1 Å². The second-order valence-electron chi connectivity index (χ2n) is 8.16. The summed E-state index contributed by atoms with van der Waals surface area (Å²) in [5.74, 6) is -0.500. The van der Waals surface area contributed by atoms with Crippen LogP contribution in [0.1, 0.15) is 45.2 Å². The summed E-state index contributed by atoms with van der Waals surface area (Å²) in [6, 6.07) is 12.8. The van der Waals surface area contributed by atoms with Gasteiger partial charge >= 0.3 is 0 Å². The largest absolute Gasteiger partial charge is 0.362 e. The van der Waals surface area contributed by atoms with Crippen molar-refractivity contribution in [2.75, 3.05) is 16.8 Å². The first kappa shape index (κ1) is 22.9. The average Bonchev–Trinajstić information content (AvgIpc) is 2.71. The minimum atomic E-state index is -0.500. The van der Waals surface area contributed by atoms with E-state index >= 15 is 0 Å². The molecular formula is C25H25Cl2N3O. The molecule has 31 heavy (non-hydrogen) atoms. The van der Waals surface area contributed by atoms with Crippen molar-refractivity contribution >= 4 is 52.1 Å². The summed E-state index contributed by atoms with van der Waals surface area (Å²) in [4.78, 5) is 15.0. The Balaban J connectivity index is 1.92. The maximum Gasteiger partial charge on any atom is 0.266 e. The summed E-state index contributed by atoms with van der Waals surface area (Å²) in [6.07, 6.45) is 4.91. The van der Waals surface area contributed by atoms with Crippen molar-refractivity contribution in [3.8, 4) is 6.07 Å². The Labute approximate surface area is 193 Å². The monoisotopic (exact) mass is 453 g/mol. The van der Waals surface area contributed by atoms with Crippen LogP contribution in [0.5, 0.6) is 0 Å². The van der Waals surface area contributed by atoms with E-state index in [1.54, 1.807) is 24.3 Å². The van der Waals surface area contributed by atoms with Gasteiger partial charge in [-0.25, -0.2) is 0 Å². The molecule has 1 aliphatic rings. The second kappa shape index (κ2) is 9.18. The SMILES string of the molecule is CCCN1c2ccc(/C=C(\C#N)C(=O)Nc3ccc(Cl)c(Cl)c3)cc2C(C)=CC1(C)C. The van der Waals surface area contributed by atoms with Crippen LogP contribution >= 0.6 is 23.2 Å². The topological polar surface area (TPSA) is 56.1 Å². The van der Waals surface area contributed by atoms with Crippen molar-refractivity contribution in [3.63, 3.8) is 0 Å². The molecule has 6 heteroatoms.